The van der Waals surface area contributed by atoms with Gasteiger partial charge in [-0.2, -0.15) is 5.26 Å². The first kappa shape index (κ1) is 15.3. The van der Waals surface area contributed by atoms with E-state index in [0.717, 1.165) is 27.9 Å². The van der Waals surface area contributed by atoms with Crippen LogP contribution in [0.15, 0.2) is 28.3 Å². The summed E-state index contributed by atoms with van der Waals surface area (Å²) >= 11 is 2.36. The van der Waals surface area contributed by atoms with Crippen LogP contribution < -0.4 is 5.32 Å². The number of anilines is 1. The van der Waals surface area contributed by atoms with Gasteiger partial charge in [0.15, 0.2) is 0 Å². The highest BCUT2D eigenvalue weighted by Gasteiger charge is 2.09. The smallest absolute Gasteiger partial charge is 0.234 e. The predicted molar refractivity (Wildman–Crippen MR) is 80.8 cm³/mol. The molecule has 0 saturated heterocycles. The zero-order chi connectivity index (χ0) is 15.2. The number of nitriles is 1. The lowest BCUT2D eigenvalue weighted by molar-refractivity contribution is -0.113. The van der Waals surface area contributed by atoms with Gasteiger partial charge in [0.25, 0.3) is 0 Å². The van der Waals surface area contributed by atoms with Gasteiger partial charge in [-0.3, -0.25) is 4.79 Å². The minimum absolute atomic E-state index is 0.133. The average Bonchev–Trinajstić information content (AvgIpc) is 2.85. The van der Waals surface area contributed by atoms with E-state index in [4.69, 9.17) is 5.26 Å². The molecule has 1 amide bonds. The molecule has 0 fully saturated rings. The second-order valence-electron chi connectivity index (χ2n) is 4.09. The van der Waals surface area contributed by atoms with Crippen LogP contribution in [-0.2, 0) is 11.8 Å². The maximum atomic E-state index is 11.9. The van der Waals surface area contributed by atoms with Gasteiger partial charge in [0.2, 0.25) is 11.1 Å². The number of amides is 1. The highest BCUT2D eigenvalue weighted by molar-refractivity contribution is 8.03. The standard InChI is InChI=1S/C12H12N6OS2/c1-8-5-9(21-7-13)3-4-10(8)14-11(19)6-20-12-15-16-17-18(12)2/h3-5H,6H2,1-2H3,(H,14,19). The van der Waals surface area contributed by atoms with Crippen molar-refractivity contribution in [3.05, 3.63) is 23.8 Å². The van der Waals surface area contributed by atoms with Crippen molar-refractivity contribution in [1.29, 1.82) is 5.26 Å². The van der Waals surface area contributed by atoms with E-state index in [2.05, 4.69) is 20.8 Å². The number of thioether (sulfide) groups is 2. The number of nitrogens with one attached hydrogen (secondary N) is 1. The van der Waals surface area contributed by atoms with Crippen LogP contribution in [0.3, 0.4) is 0 Å². The molecule has 0 radical (unpaired) electrons. The van der Waals surface area contributed by atoms with Crippen LogP contribution in [0.1, 0.15) is 5.56 Å². The Hall–Kier alpha value is -2.05. The number of tetrazole rings is 1. The topological polar surface area (TPSA) is 96.5 Å². The zero-order valence-electron chi connectivity index (χ0n) is 11.4. The summed E-state index contributed by atoms with van der Waals surface area (Å²) in [7, 11) is 1.72. The molecule has 2 aromatic rings. The van der Waals surface area contributed by atoms with Crippen molar-refractivity contribution in [3.63, 3.8) is 0 Å². The molecular weight excluding hydrogens is 308 g/mol. The van der Waals surface area contributed by atoms with E-state index >= 15 is 0 Å². The van der Waals surface area contributed by atoms with Crippen LogP contribution in [0, 0.1) is 17.6 Å². The SMILES string of the molecule is Cc1cc(SC#N)ccc1NC(=O)CSc1nnnn1C. The highest BCUT2D eigenvalue weighted by Crippen LogP contribution is 2.23. The van der Waals surface area contributed by atoms with Crippen molar-refractivity contribution < 1.29 is 4.79 Å². The van der Waals surface area contributed by atoms with E-state index in [-0.39, 0.29) is 11.7 Å². The second-order valence-corrected chi connectivity index (χ2v) is 5.89. The number of carbonyl (C=O) groups is 1. The first-order valence-corrected chi connectivity index (χ1v) is 7.72. The molecule has 21 heavy (non-hydrogen) atoms. The highest BCUT2D eigenvalue weighted by atomic mass is 32.2. The molecule has 2 rings (SSSR count). The van der Waals surface area contributed by atoms with E-state index in [1.165, 1.54) is 16.4 Å². The number of aromatic nitrogens is 4. The molecule has 0 saturated carbocycles. The van der Waals surface area contributed by atoms with Crippen LogP contribution >= 0.6 is 23.5 Å². The van der Waals surface area contributed by atoms with Gasteiger partial charge in [-0.1, -0.05) is 11.8 Å². The van der Waals surface area contributed by atoms with Gasteiger partial charge in [-0.25, -0.2) is 4.68 Å². The lowest BCUT2D eigenvalue weighted by atomic mass is 10.2. The number of rotatable bonds is 5. The molecule has 0 unspecified atom stereocenters. The van der Waals surface area contributed by atoms with E-state index in [9.17, 15) is 4.79 Å². The Bertz CT molecular complexity index is 693. The van der Waals surface area contributed by atoms with Crippen LogP contribution in [0.25, 0.3) is 0 Å². The summed E-state index contributed by atoms with van der Waals surface area (Å²) in [6, 6.07) is 5.46. The van der Waals surface area contributed by atoms with E-state index in [1.54, 1.807) is 19.2 Å². The molecule has 1 aromatic heterocycles. The number of benzene rings is 1. The van der Waals surface area contributed by atoms with Gasteiger partial charge >= 0.3 is 0 Å². The number of hydrogen-bond acceptors (Lipinski definition) is 7. The lowest BCUT2D eigenvalue weighted by Crippen LogP contribution is -2.15. The third-order valence-corrected chi connectivity index (χ3v) is 4.14. The Kier molecular flexibility index (Phi) is 5.19. The Labute approximate surface area is 130 Å². The molecule has 0 aliphatic rings. The molecule has 0 aliphatic heterocycles. The Morgan fingerprint density at radius 2 is 2.33 bits per heavy atom. The Morgan fingerprint density at radius 3 is 2.95 bits per heavy atom. The first-order chi connectivity index (χ1) is 10.1. The van der Waals surface area contributed by atoms with E-state index < -0.39 is 0 Å². The molecule has 0 atom stereocenters. The molecule has 1 aromatic carbocycles. The summed E-state index contributed by atoms with van der Waals surface area (Å²) in [4.78, 5) is 12.8. The molecule has 108 valence electrons. The minimum Gasteiger partial charge on any atom is -0.325 e. The summed E-state index contributed by atoms with van der Waals surface area (Å²) in [5.41, 5.74) is 1.65. The molecule has 7 nitrogen and oxygen atoms in total. The molecule has 9 heteroatoms. The average molecular weight is 320 g/mol. The molecule has 1 heterocycles. The summed E-state index contributed by atoms with van der Waals surface area (Å²) in [5, 5.41) is 25.1. The molecule has 1 N–H and O–H groups in total. The number of thiocyanates is 1. The van der Waals surface area contributed by atoms with Crippen LogP contribution in [-0.4, -0.2) is 31.9 Å². The van der Waals surface area contributed by atoms with Crippen LogP contribution in [0.5, 0.6) is 0 Å². The van der Waals surface area contributed by atoms with Crippen molar-refractivity contribution in [2.45, 2.75) is 17.0 Å². The molecule has 0 spiro atoms. The third kappa shape index (κ3) is 4.21. The molecule has 0 bridgehead atoms. The minimum atomic E-state index is -0.133. The zero-order valence-corrected chi connectivity index (χ0v) is 13.0. The Morgan fingerprint density at radius 1 is 1.52 bits per heavy atom. The maximum absolute atomic E-state index is 11.9. The van der Waals surface area contributed by atoms with Gasteiger partial charge in [0, 0.05) is 17.6 Å². The fraction of sp³-hybridized carbons (Fsp3) is 0.250. The normalized spacial score (nSPS) is 10.1. The van der Waals surface area contributed by atoms with E-state index in [0.29, 0.717) is 5.16 Å². The monoisotopic (exact) mass is 320 g/mol. The molecule has 0 aliphatic carbocycles. The summed E-state index contributed by atoms with van der Waals surface area (Å²) in [6.45, 7) is 1.89. The first-order valence-electron chi connectivity index (χ1n) is 5.91. The number of hydrogen-bond donors (Lipinski definition) is 1. The van der Waals surface area contributed by atoms with Gasteiger partial charge in [0.1, 0.15) is 5.40 Å². The van der Waals surface area contributed by atoms with Crippen molar-refractivity contribution in [2.75, 3.05) is 11.1 Å². The van der Waals surface area contributed by atoms with Crippen molar-refractivity contribution in [2.24, 2.45) is 7.05 Å². The molecular formula is C12H12N6OS2. The predicted octanol–water partition coefficient (Wildman–Crippen LogP) is 1.82. The fourth-order valence-electron chi connectivity index (χ4n) is 1.55. The Balaban J connectivity index is 1.94. The van der Waals surface area contributed by atoms with Crippen molar-refractivity contribution in [3.8, 4) is 5.40 Å². The van der Waals surface area contributed by atoms with E-state index in [1.807, 2.05) is 18.4 Å². The number of nitrogens with zero attached hydrogens (tertiary/aromatic N) is 5. The largest absolute Gasteiger partial charge is 0.325 e. The van der Waals surface area contributed by atoms with Crippen molar-refractivity contribution >= 4 is 35.1 Å². The summed E-state index contributed by atoms with van der Waals surface area (Å²) in [6.07, 6.45) is 0. The van der Waals surface area contributed by atoms with Gasteiger partial charge in [-0.15, -0.1) is 5.10 Å². The van der Waals surface area contributed by atoms with Gasteiger partial charge in [-0.05, 0) is 52.9 Å². The van der Waals surface area contributed by atoms with Gasteiger partial charge in [0.05, 0.1) is 5.75 Å². The van der Waals surface area contributed by atoms with Crippen molar-refractivity contribution in [1.82, 2.24) is 20.2 Å². The second kappa shape index (κ2) is 7.10. The van der Waals surface area contributed by atoms with Gasteiger partial charge < -0.3 is 5.32 Å². The third-order valence-electron chi connectivity index (χ3n) is 2.55. The maximum Gasteiger partial charge on any atom is 0.234 e. The van der Waals surface area contributed by atoms with Crippen LogP contribution in [0.2, 0.25) is 0 Å². The fourth-order valence-corrected chi connectivity index (χ4v) is 2.68. The lowest BCUT2D eigenvalue weighted by Gasteiger charge is -2.08. The summed E-state index contributed by atoms with van der Waals surface area (Å²) < 4.78 is 1.51. The number of carbonyl (C=O) groups excluding carboxylic acids is 1. The number of aryl methyl sites for hydroxylation is 2. The summed E-state index contributed by atoms with van der Waals surface area (Å²) in [5.74, 6) is 0.0919. The van der Waals surface area contributed by atoms with Crippen LogP contribution in [0.4, 0.5) is 5.69 Å². The quantitative estimate of drug-likeness (QED) is 0.663.